The number of alkyl halides is 3. The zero-order valence-electron chi connectivity index (χ0n) is 14.4. The molecule has 4 nitrogen and oxygen atoms in total. The van der Waals surface area contributed by atoms with Gasteiger partial charge in [0, 0.05) is 17.8 Å². The Balaban J connectivity index is 1.71. The summed E-state index contributed by atoms with van der Waals surface area (Å²) in [6, 6.07) is 11.3. The molecule has 1 atom stereocenters. The number of halogens is 4. The smallest absolute Gasteiger partial charge is 0.352 e. The van der Waals surface area contributed by atoms with Crippen LogP contribution < -0.4 is 5.32 Å². The predicted molar refractivity (Wildman–Crippen MR) is 92.7 cm³/mol. The van der Waals surface area contributed by atoms with Crippen LogP contribution in [0.2, 0.25) is 0 Å². The highest BCUT2D eigenvalue weighted by atomic mass is 19.4. The van der Waals surface area contributed by atoms with Crippen LogP contribution in [-0.4, -0.2) is 21.9 Å². The number of carbonyl (C=O) groups excluding carboxylic acids is 1. The van der Waals surface area contributed by atoms with Gasteiger partial charge in [0.15, 0.2) is 0 Å². The number of carbonyl (C=O) groups is 1. The maximum absolute atomic E-state index is 13.1. The fourth-order valence-electron chi connectivity index (χ4n) is 2.78. The van der Waals surface area contributed by atoms with Crippen molar-refractivity contribution in [1.82, 2.24) is 15.1 Å². The topological polar surface area (TPSA) is 46.9 Å². The van der Waals surface area contributed by atoms with E-state index in [9.17, 15) is 22.4 Å². The van der Waals surface area contributed by atoms with Crippen molar-refractivity contribution in [3.05, 3.63) is 60.0 Å². The largest absolute Gasteiger partial charge is 0.389 e. The first-order valence-corrected chi connectivity index (χ1v) is 8.30. The van der Waals surface area contributed by atoms with Crippen LogP contribution in [0.4, 0.5) is 17.6 Å². The van der Waals surface area contributed by atoms with Gasteiger partial charge in [0.05, 0.1) is 23.8 Å². The van der Waals surface area contributed by atoms with Crippen LogP contribution >= 0.6 is 0 Å². The number of hydrogen-bond donors (Lipinski definition) is 1. The standard InChI is InChI=1S/C19H17F4N3O/c1-12(9-19(21,22)23)18(27)24-10-13-2-7-17-14(8-13)11-25-26(17)16-5-3-15(20)4-6-16/h2-8,11-12H,9-10H2,1H3,(H,24,27). The molecule has 1 heterocycles. The van der Waals surface area contributed by atoms with E-state index in [1.165, 1.54) is 19.1 Å². The molecule has 0 spiro atoms. The van der Waals surface area contributed by atoms with Crippen LogP contribution in [0.3, 0.4) is 0 Å². The lowest BCUT2D eigenvalue weighted by molar-refractivity contribution is -0.153. The Morgan fingerprint density at radius 2 is 1.89 bits per heavy atom. The van der Waals surface area contributed by atoms with Crippen LogP contribution in [0.15, 0.2) is 48.7 Å². The van der Waals surface area contributed by atoms with E-state index in [0.717, 1.165) is 16.5 Å². The zero-order valence-corrected chi connectivity index (χ0v) is 14.4. The molecule has 0 radical (unpaired) electrons. The van der Waals surface area contributed by atoms with Gasteiger partial charge in [-0.2, -0.15) is 18.3 Å². The molecule has 1 aromatic heterocycles. The van der Waals surface area contributed by atoms with Crippen molar-refractivity contribution in [2.75, 3.05) is 0 Å². The molecule has 1 amide bonds. The van der Waals surface area contributed by atoms with Gasteiger partial charge in [0.25, 0.3) is 0 Å². The molecule has 142 valence electrons. The third-order valence-corrected chi connectivity index (χ3v) is 4.16. The maximum atomic E-state index is 13.1. The number of fused-ring (bicyclic) bond motifs is 1. The van der Waals surface area contributed by atoms with E-state index in [0.29, 0.717) is 5.69 Å². The normalized spacial score (nSPS) is 12.9. The Kier molecular flexibility index (Phi) is 5.16. The van der Waals surface area contributed by atoms with Crippen molar-refractivity contribution in [2.45, 2.75) is 26.1 Å². The van der Waals surface area contributed by atoms with Crippen molar-refractivity contribution < 1.29 is 22.4 Å². The highest BCUT2D eigenvalue weighted by Gasteiger charge is 2.32. The van der Waals surface area contributed by atoms with Crippen molar-refractivity contribution in [3.8, 4) is 5.69 Å². The quantitative estimate of drug-likeness (QED) is 0.669. The summed E-state index contributed by atoms with van der Waals surface area (Å²) in [6.07, 6.45) is -3.89. The number of nitrogens with zero attached hydrogens (tertiary/aromatic N) is 2. The SMILES string of the molecule is CC(CC(F)(F)F)C(=O)NCc1ccc2c(cnn2-c2ccc(F)cc2)c1. The summed E-state index contributed by atoms with van der Waals surface area (Å²) in [6.45, 7) is 1.37. The second-order valence-electron chi connectivity index (χ2n) is 6.36. The van der Waals surface area contributed by atoms with Gasteiger partial charge in [0.2, 0.25) is 5.91 Å². The minimum atomic E-state index is -4.37. The van der Waals surface area contributed by atoms with Crippen LogP contribution in [0.25, 0.3) is 16.6 Å². The monoisotopic (exact) mass is 379 g/mol. The molecule has 8 heteroatoms. The Bertz CT molecular complexity index is 948. The number of hydrogen-bond acceptors (Lipinski definition) is 2. The number of benzene rings is 2. The molecule has 3 aromatic rings. The van der Waals surface area contributed by atoms with Crippen LogP contribution in [0, 0.1) is 11.7 Å². The first-order chi connectivity index (χ1) is 12.7. The summed E-state index contributed by atoms with van der Waals surface area (Å²) < 4.78 is 51.8. The van der Waals surface area contributed by atoms with E-state index in [4.69, 9.17) is 0 Å². The second-order valence-corrected chi connectivity index (χ2v) is 6.36. The summed E-state index contributed by atoms with van der Waals surface area (Å²) in [5, 5.41) is 7.61. The third kappa shape index (κ3) is 4.64. The zero-order chi connectivity index (χ0) is 19.6. The second kappa shape index (κ2) is 7.38. The summed E-state index contributed by atoms with van der Waals surface area (Å²) >= 11 is 0. The van der Waals surface area contributed by atoms with E-state index in [1.807, 2.05) is 0 Å². The molecule has 3 rings (SSSR count). The maximum Gasteiger partial charge on any atom is 0.389 e. The van der Waals surface area contributed by atoms with Gasteiger partial charge in [-0.25, -0.2) is 9.07 Å². The molecule has 0 bridgehead atoms. The highest BCUT2D eigenvalue weighted by molar-refractivity contribution is 5.81. The van der Waals surface area contributed by atoms with Gasteiger partial charge in [-0.3, -0.25) is 4.79 Å². The Morgan fingerprint density at radius 3 is 2.56 bits per heavy atom. The molecule has 0 fully saturated rings. The summed E-state index contributed by atoms with van der Waals surface area (Å²) in [5.41, 5.74) is 2.24. The number of amides is 1. The van der Waals surface area contributed by atoms with E-state index in [-0.39, 0.29) is 12.4 Å². The minimum Gasteiger partial charge on any atom is -0.352 e. The van der Waals surface area contributed by atoms with Gasteiger partial charge >= 0.3 is 6.18 Å². The van der Waals surface area contributed by atoms with Crippen molar-refractivity contribution in [1.29, 1.82) is 0 Å². The van der Waals surface area contributed by atoms with E-state index in [2.05, 4.69) is 10.4 Å². The highest BCUT2D eigenvalue weighted by Crippen LogP contribution is 2.25. The molecule has 0 aliphatic heterocycles. The number of nitrogens with one attached hydrogen (secondary N) is 1. The fourth-order valence-corrected chi connectivity index (χ4v) is 2.78. The van der Waals surface area contributed by atoms with Gasteiger partial charge in [-0.05, 0) is 42.0 Å². The Morgan fingerprint density at radius 1 is 1.19 bits per heavy atom. The third-order valence-electron chi connectivity index (χ3n) is 4.16. The van der Waals surface area contributed by atoms with Crippen LogP contribution in [-0.2, 0) is 11.3 Å². The van der Waals surface area contributed by atoms with E-state index >= 15 is 0 Å². The van der Waals surface area contributed by atoms with Crippen LogP contribution in [0.5, 0.6) is 0 Å². The lowest BCUT2D eigenvalue weighted by Crippen LogP contribution is -2.31. The van der Waals surface area contributed by atoms with Gasteiger partial charge < -0.3 is 5.32 Å². The van der Waals surface area contributed by atoms with Crippen molar-refractivity contribution in [3.63, 3.8) is 0 Å². The van der Waals surface area contributed by atoms with Crippen LogP contribution in [0.1, 0.15) is 18.9 Å². The lowest BCUT2D eigenvalue weighted by Gasteiger charge is -2.14. The van der Waals surface area contributed by atoms with E-state index in [1.54, 1.807) is 41.2 Å². The fraction of sp³-hybridized carbons (Fsp3) is 0.263. The molecule has 27 heavy (non-hydrogen) atoms. The first-order valence-electron chi connectivity index (χ1n) is 8.30. The van der Waals surface area contributed by atoms with Crippen molar-refractivity contribution in [2.24, 2.45) is 5.92 Å². The average molecular weight is 379 g/mol. The first kappa shape index (κ1) is 18.9. The van der Waals surface area contributed by atoms with Gasteiger partial charge in [-0.1, -0.05) is 13.0 Å². The van der Waals surface area contributed by atoms with E-state index < -0.39 is 24.4 Å². The summed E-state index contributed by atoms with van der Waals surface area (Å²) in [5.74, 6) is -2.13. The molecule has 1 N–H and O–H groups in total. The molecule has 0 saturated carbocycles. The summed E-state index contributed by atoms with van der Waals surface area (Å²) in [4.78, 5) is 11.8. The molecule has 2 aromatic carbocycles. The Labute approximate surface area is 152 Å². The molecule has 0 aliphatic carbocycles. The summed E-state index contributed by atoms with van der Waals surface area (Å²) in [7, 11) is 0. The molecular weight excluding hydrogens is 362 g/mol. The molecular formula is C19H17F4N3O. The Hall–Kier alpha value is -2.90. The average Bonchev–Trinajstić information content (AvgIpc) is 3.02. The predicted octanol–water partition coefficient (Wildman–Crippen LogP) is 4.37. The van der Waals surface area contributed by atoms with Gasteiger partial charge in [-0.15, -0.1) is 0 Å². The number of rotatable bonds is 5. The minimum absolute atomic E-state index is 0.124. The van der Waals surface area contributed by atoms with Gasteiger partial charge in [0.1, 0.15) is 5.82 Å². The molecule has 0 saturated heterocycles. The molecule has 0 aliphatic rings. The van der Waals surface area contributed by atoms with Crippen molar-refractivity contribution >= 4 is 16.8 Å². The number of aromatic nitrogens is 2. The molecule has 1 unspecified atom stereocenters. The lowest BCUT2D eigenvalue weighted by atomic mass is 10.1.